The summed E-state index contributed by atoms with van der Waals surface area (Å²) in [5.74, 6) is 0. The molecule has 1 aromatic heterocycles. The van der Waals surface area contributed by atoms with Gasteiger partial charge in [0.05, 0.1) is 0 Å². The summed E-state index contributed by atoms with van der Waals surface area (Å²) in [7, 11) is 0. The van der Waals surface area contributed by atoms with Crippen LogP contribution in [0.2, 0.25) is 0 Å². The molecule has 0 saturated carbocycles. The van der Waals surface area contributed by atoms with E-state index in [-0.39, 0.29) is 0 Å². The third kappa shape index (κ3) is 5.26. The molecule has 2 nitrogen and oxygen atoms in total. The molecule has 90 valence electrons. The van der Waals surface area contributed by atoms with Crippen LogP contribution in [0.1, 0.15) is 50.8 Å². The molecule has 1 unspecified atom stereocenters. The predicted octanol–water partition coefficient (Wildman–Crippen LogP) is 3.45. The standard InChI is InChI=1S/C14H24N2/c1-4-5-6-7-12(2)15-10-14-9-8-13(3)16-11-14/h8-9,11-12,15H,4-7,10H2,1-3H3. The van der Waals surface area contributed by atoms with Crippen LogP contribution >= 0.6 is 0 Å². The summed E-state index contributed by atoms with van der Waals surface area (Å²) in [5, 5.41) is 3.54. The fourth-order valence-electron chi connectivity index (χ4n) is 1.70. The molecule has 0 amide bonds. The lowest BCUT2D eigenvalue weighted by molar-refractivity contribution is 0.487. The highest BCUT2D eigenvalue weighted by Crippen LogP contribution is 2.04. The minimum absolute atomic E-state index is 0.604. The number of aryl methyl sites for hydroxylation is 1. The Bertz CT molecular complexity index is 279. The maximum absolute atomic E-state index is 4.29. The van der Waals surface area contributed by atoms with E-state index >= 15 is 0 Å². The molecule has 16 heavy (non-hydrogen) atoms. The van der Waals surface area contributed by atoms with Crippen LogP contribution in [-0.2, 0) is 6.54 Å². The summed E-state index contributed by atoms with van der Waals surface area (Å²) in [6.07, 6.45) is 7.21. The highest BCUT2D eigenvalue weighted by molar-refractivity contribution is 5.12. The average molecular weight is 220 g/mol. The van der Waals surface area contributed by atoms with Gasteiger partial charge in [-0.1, -0.05) is 32.3 Å². The number of unbranched alkanes of at least 4 members (excludes halogenated alkanes) is 2. The summed E-state index contributed by atoms with van der Waals surface area (Å²) in [6.45, 7) is 7.46. The Hall–Kier alpha value is -0.890. The summed E-state index contributed by atoms with van der Waals surface area (Å²) in [5.41, 5.74) is 2.35. The average Bonchev–Trinajstić information content (AvgIpc) is 2.29. The molecule has 1 heterocycles. The Kier molecular flexibility index (Phi) is 6.09. The topological polar surface area (TPSA) is 24.9 Å². The first kappa shape index (κ1) is 13.2. The Balaban J connectivity index is 2.20. The second-order valence-corrected chi connectivity index (χ2v) is 4.59. The Labute approximate surface area is 99.5 Å². The molecular formula is C14H24N2. The van der Waals surface area contributed by atoms with E-state index < -0.39 is 0 Å². The van der Waals surface area contributed by atoms with Crippen molar-refractivity contribution in [3.05, 3.63) is 29.6 Å². The van der Waals surface area contributed by atoms with Crippen molar-refractivity contribution in [1.82, 2.24) is 10.3 Å². The first-order valence-electron chi connectivity index (χ1n) is 6.37. The molecule has 0 aliphatic carbocycles. The predicted molar refractivity (Wildman–Crippen MR) is 69.4 cm³/mol. The number of aromatic nitrogens is 1. The molecule has 0 radical (unpaired) electrons. The first-order chi connectivity index (χ1) is 7.72. The third-order valence-corrected chi connectivity index (χ3v) is 2.87. The van der Waals surface area contributed by atoms with E-state index in [1.165, 1.54) is 31.2 Å². The van der Waals surface area contributed by atoms with Gasteiger partial charge in [-0.3, -0.25) is 4.98 Å². The fraction of sp³-hybridized carbons (Fsp3) is 0.643. The normalized spacial score (nSPS) is 12.7. The second kappa shape index (κ2) is 7.39. The molecule has 1 aromatic rings. The zero-order valence-electron chi connectivity index (χ0n) is 10.8. The van der Waals surface area contributed by atoms with Gasteiger partial charge in [0.1, 0.15) is 0 Å². The van der Waals surface area contributed by atoms with Gasteiger partial charge in [0.2, 0.25) is 0 Å². The molecular weight excluding hydrogens is 196 g/mol. The Morgan fingerprint density at radius 3 is 2.75 bits per heavy atom. The monoisotopic (exact) mass is 220 g/mol. The van der Waals surface area contributed by atoms with Crippen molar-refractivity contribution in [2.45, 2.75) is 59.0 Å². The van der Waals surface area contributed by atoms with E-state index in [2.05, 4.69) is 36.3 Å². The minimum Gasteiger partial charge on any atom is -0.310 e. The fourth-order valence-corrected chi connectivity index (χ4v) is 1.70. The van der Waals surface area contributed by atoms with Gasteiger partial charge >= 0.3 is 0 Å². The second-order valence-electron chi connectivity index (χ2n) is 4.59. The molecule has 0 bridgehead atoms. The van der Waals surface area contributed by atoms with Crippen molar-refractivity contribution < 1.29 is 0 Å². The maximum atomic E-state index is 4.29. The summed E-state index contributed by atoms with van der Waals surface area (Å²) >= 11 is 0. The van der Waals surface area contributed by atoms with Gasteiger partial charge in [-0.15, -0.1) is 0 Å². The lowest BCUT2D eigenvalue weighted by Gasteiger charge is -2.13. The van der Waals surface area contributed by atoms with Gasteiger partial charge in [0, 0.05) is 24.5 Å². The minimum atomic E-state index is 0.604. The van der Waals surface area contributed by atoms with Crippen LogP contribution < -0.4 is 5.32 Å². The summed E-state index contributed by atoms with van der Waals surface area (Å²) in [4.78, 5) is 4.29. The largest absolute Gasteiger partial charge is 0.310 e. The van der Waals surface area contributed by atoms with Crippen molar-refractivity contribution in [3.8, 4) is 0 Å². The molecule has 0 aliphatic rings. The van der Waals surface area contributed by atoms with E-state index in [1.807, 2.05) is 13.1 Å². The van der Waals surface area contributed by atoms with Crippen molar-refractivity contribution in [2.75, 3.05) is 0 Å². The van der Waals surface area contributed by atoms with Crippen LogP contribution in [-0.4, -0.2) is 11.0 Å². The molecule has 0 fully saturated rings. The van der Waals surface area contributed by atoms with Gasteiger partial charge in [-0.25, -0.2) is 0 Å². The molecule has 2 heteroatoms. The van der Waals surface area contributed by atoms with Crippen LogP contribution in [0.25, 0.3) is 0 Å². The lowest BCUT2D eigenvalue weighted by Crippen LogP contribution is -2.25. The van der Waals surface area contributed by atoms with Crippen LogP contribution in [0.15, 0.2) is 18.3 Å². The third-order valence-electron chi connectivity index (χ3n) is 2.87. The van der Waals surface area contributed by atoms with Crippen molar-refractivity contribution in [3.63, 3.8) is 0 Å². The van der Waals surface area contributed by atoms with Crippen LogP contribution in [0.5, 0.6) is 0 Å². The number of hydrogen-bond donors (Lipinski definition) is 1. The zero-order valence-corrected chi connectivity index (χ0v) is 10.8. The number of hydrogen-bond acceptors (Lipinski definition) is 2. The van der Waals surface area contributed by atoms with E-state index in [0.717, 1.165) is 12.2 Å². The SMILES string of the molecule is CCCCCC(C)NCc1ccc(C)nc1. The van der Waals surface area contributed by atoms with Gasteiger partial charge in [-0.2, -0.15) is 0 Å². The quantitative estimate of drug-likeness (QED) is 0.712. The van der Waals surface area contributed by atoms with E-state index in [1.54, 1.807) is 0 Å². The van der Waals surface area contributed by atoms with Gasteiger partial charge in [-0.05, 0) is 31.9 Å². The molecule has 0 aromatic carbocycles. The number of nitrogens with one attached hydrogen (secondary N) is 1. The molecule has 0 aliphatic heterocycles. The lowest BCUT2D eigenvalue weighted by atomic mass is 10.1. The first-order valence-corrected chi connectivity index (χ1v) is 6.37. The van der Waals surface area contributed by atoms with Gasteiger partial charge in [0.15, 0.2) is 0 Å². The molecule has 1 atom stereocenters. The van der Waals surface area contributed by atoms with E-state index in [9.17, 15) is 0 Å². The van der Waals surface area contributed by atoms with E-state index in [0.29, 0.717) is 6.04 Å². The molecule has 0 saturated heterocycles. The Morgan fingerprint density at radius 1 is 1.31 bits per heavy atom. The molecule has 0 spiro atoms. The van der Waals surface area contributed by atoms with Gasteiger partial charge in [0.25, 0.3) is 0 Å². The van der Waals surface area contributed by atoms with Crippen LogP contribution in [0.4, 0.5) is 0 Å². The molecule has 1 rings (SSSR count). The van der Waals surface area contributed by atoms with Crippen molar-refractivity contribution in [2.24, 2.45) is 0 Å². The van der Waals surface area contributed by atoms with Crippen LogP contribution in [0.3, 0.4) is 0 Å². The van der Waals surface area contributed by atoms with Crippen LogP contribution in [0, 0.1) is 6.92 Å². The van der Waals surface area contributed by atoms with Crippen molar-refractivity contribution >= 4 is 0 Å². The highest BCUT2D eigenvalue weighted by Gasteiger charge is 2.01. The summed E-state index contributed by atoms with van der Waals surface area (Å²) in [6, 6.07) is 4.82. The maximum Gasteiger partial charge on any atom is 0.0372 e. The summed E-state index contributed by atoms with van der Waals surface area (Å²) < 4.78 is 0. The number of pyridine rings is 1. The number of rotatable bonds is 7. The van der Waals surface area contributed by atoms with E-state index in [4.69, 9.17) is 0 Å². The number of nitrogens with zero attached hydrogens (tertiary/aromatic N) is 1. The Morgan fingerprint density at radius 2 is 2.12 bits per heavy atom. The molecule has 1 N–H and O–H groups in total. The zero-order chi connectivity index (χ0) is 11.8. The smallest absolute Gasteiger partial charge is 0.0372 e. The van der Waals surface area contributed by atoms with Crippen molar-refractivity contribution in [1.29, 1.82) is 0 Å². The van der Waals surface area contributed by atoms with Gasteiger partial charge < -0.3 is 5.32 Å². The highest BCUT2D eigenvalue weighted by atomic mass is 14.9.